The standard InChI is InChI=1S/C14H18N2O/c1-9(2)8-12-13(14(15)16-17-12)11-7-5-4-6-10(11)3/h4-7,9H,8H2,1-3H3,(H2,15,16). The molecule has 0 unspecified atom stereocenters. The molecule has 3 heteroatoms. The topological polar surface area (TPSA) is 52.0 Å². The van der Waals surface area contributed by atoms with Crippen molar-refractivity contribution in [1.29, 1.82) is 0 Å². The molecule has 0 amide bonds. The van der Waals surface area contributed by atoms with Gasteiger partial charge in [0.25, 0.3) is 0 Å². The van der Waals surface area contributed by atoms with E-state index in [1.54, 1.807) is 0 Å². The maximum Gasteiger partial charge on any atom is 0.175 e. The highest BCUT2D eigenvalue weighted by molar-refractivity contribution is 5.77. The maximum atomic E-state index is 5.91. The molecule has 1 heterocycles. The Balaban J connectivity index is 2.51. The molecule has 17 heavy (non-hydrogen) atoms. The molecule has 1 aromatic carbocycles. The smallest absolute Gasteiger partial charge is 0.175 e. The van der Waals surface area contributed by atoms with Crippen molar-refractivity contribution in [1.82, 2.24) is 5.16 Å². The summed E-state index contributed by atoms with van der Waals surface area (Å²) < 4.78 is 5.34. The minimum atomic E-state index is 0.481. The Morgan fingerprint density at radius 3 is 2.65 bits per heavy atom. The Kier molecular flexibility index (Phi) is 3.18. The van der Waals surface area contributed by atoms with Gasteiger partial charge in [-0.1, -0.05) is 43.3 Å². The number of nitrogens with two attached hydrogens (primary N) is 1. The summed E-state index contributed by atoms with van der Waals surface area (Å²) in [7, 11) is 0. The van der Waals surface area contributed by atoms with Gasteiger partial charge in [0.1, 0.15) is 5.76 Å². The fourth-order valence-corrected chi connectivity index (χ4v) is 1.99. The molecule has 1 aromatic heterocycles. The summed E-state index contributed by atoms with van der Waals surface area (Å²) >= 11 is 0. The van der Waals surface area contributed by atoms with Gasteiger partial charge in [-0.2, -0.15) is 0 Å². The first kappa shape index (κ1) is 11.7. The van der Waals surface area contributed by atoms with Crippen molar-refractivity contribution < 1.29 is 4.52 Å². The second kappa shape index (κ2) is 4.62. The molecule has 0 fully saturated rings. The normalized spacial score (nSPS) is 11.1. The number of hydrogen-bond donors (Lipinski definition) is 1. The molecule has 3 nitrogen and oxygen atoms in total. The third kappa shape index (κ3) is 2.33. The van der Waals surface area contributed by atoms with Crippen LogP contribution < -0.4 is 5.73 Å². The first-order valence-corrected chi connectivity index (χ1v) is 5.89. The third-order valence-corrected chi connectivity index (χ3v) is 2.80. The van der Waals surface area contributed by atoms with Crippen LogP contribution in [0.2, 0.25) is 0 Å². The van der Waals surface area contributed by atoms with Crippen molar-refractivity contribution >= 4 is 5.82 Å². The van der Waals surface area contributed by atoms with Crippen LogP contribution in [0.25, 0.3) is 11.1 Å². The molecule has 0 saturated carbocycles. The molecule has 2 aromatic rings. The third-order valence-electron chi connectivity index (χ3n) is 2.80. The van der Waals surface area contributed by atoms with Gasteiger partial charge in [-0.25, -0.2) is 0 Å². The quantitative estimate of drug-likeness (QED) is 0.878. The molecule has 0 radical (unpaired) electrons. The van der Waals surface area contributed by atoms with E-state index in [1.165, 1.54) is 5.56 Å². The van der Waals surface area contributed by atoms with E-state index < -0.39 is 0 Å². The van der Waals surface area contributed by atoms with E-state index in [1.807, 2.05) is 12.1 Å². The Hall–Kier alpha value is -1.77. The second-order valence-corrected chi connectivity index (χ2v) is 4.78. The molecule has 0 spiro atoms. The monoisotopic (exact) mass is 230 g/mol. The molecule has 0 aliphatic rings. The number of aryl methyl sites for hydroxylation is 1. The van der Waals surface area contributed by atoms with Crippen LogP contribution in [0.15, 0.2) is 28.8 Å². The number of rotatable bonds is 3. The van der Waals surface area contributed by atoms with E-state index in [9.17, 15) is 0 Å². The van der Waals surface area contributed by atoms with Gasteiger partial charge in [-0.05, 0) is 24.0 Å². The first-order chi connectivity index (χ1) is 8.09. The Bertz CT molecular complexity index is 515. The number of aromatic nitrogens is 1. The fourth-order valence-electron chi connectivity index (χ4n) is 1.99. The molecule has 90 valence electrons. The van der Waals surface area contributed by atoms with Crippen LogP contribution in [0.3, 0.4) is 0 Å². The van der Waals surface area contributed by atoms with E-state index in [-0.39, 0.29) is 0 Å². The van der Waals surface area contributed by atoms with Crippen LogP contribution in [-0.2, 0) is 6.42 Å². The minimum Gasteiger partial charge on any atom is -0.380 e. The van der Waals surface area contributed by atoms with Crippen molar-refractivity contribution in [2.45, 2.75) is 27.2 Å². The molecule has 0 atom stereocenters. The summed E-state index contributed by atoms with van der Waals surface area (Å²) in [6.07, 6.45) is 0.855. The highest BCUT2D eigenvalue weighted by Gasteiger charge is 2.17. The highest BCUT2D eigenvalue weighted by atomic mass is 16.5. The number of nitrogens with zero attached hydrogens (tertiary/aromatic N) is 1. The maximum absolute atomic E-state index is 5.91. The van der Waals surface area contributed by atoms with Gasteiger partial charge in [0, 0.05) is 6.42 Å². The van der Waals surface area contributed by atoms with Crippen molar-refractivity contribution in [3.8, 4) is 11.1 Å². The number of hydrogen-bond acceptors (Lipinski definition) is 3. The lowest BCUT2D eigenvalue weighted by atomic mass is 9.97. The summed E-state index contributed by atoms with van der Waals surface area (Å²) in [5, 5.41) is 3.89. The van der Waals surface area contributed by atoms with Crippen LogP contribution in [0, 0.1) is 12.8 Å². The SMILES string of the molecule is Cc1ccccc1-c1c(N)noc1CC(C)C. The van der Waals surface area contributed by atoms with Crippen LogP contribution in [-0.4, -0.2) is 5.16 Å². The van der Waals surface area contributed by atoms with Gasteiger partial charge in [0.2, 0.25) is 0 Å². The van der Waals surface area contributed by atoms with E-state index in [2.05, 4.69) is 38.1 Å². The zero-order valence-corrected chi connectivity index (χ0v) is 10.5. The predicted molar refractivity (Wildman–Crippen MR) is 69.6 cm³/mol. The van der Waals surface area contributed by atoms with E-state index in [0.717, 1.165) is 23.3 Å². The summed E-state index contributed by atoms with van der Waals surface area (Å²) in [6, 6.07) is 8.15. The molecule has 0 bridgehead atoms. The molecule has 2 N–H and O–H groups in total. The van der Waals surface area contributed by atoms with Gasteiger partial charge in [0.15, 0.2) is 5.82 Å². The van der Waals surface area contributed by atoms with E-state index in [4.69, 9.17) is 10.3 Å². The van der Waals surface area contributed by atoms with Crippen LogP contribution in [0.1, 0.15) is 25.2 Å². The van der Waals surface area contributed by atoms with Gasteiger partial charge < -0.3 is 10.3 Å². The number of nitrogen functional groups attached to an aromatic ring is 1. The van der Waals surface area contributed by atoms with Crippen LogP contribution in [0.4, 0.5) is 5.82 Å². The number of benzene rings is 1. The van der Waals surface area contributed by atoms with E-state index >= 15 is 0 Å². The van der Waals surface area contributed by atoms with E-state index in [0.29, 0.717) is 11.7 Å². The van der Waals surface area contributed by atoms with Crippen molar-refractivity contribution in [3.05, 3.63) is 35.6 Å². The summed E-state index contributed by atoms with van der Waals surface area (Å²) in [5.74, 6) is 1.88. The highest BCUT2D eigenvalue weighted by Crippen LogP contribution is 2.32. The van der Waals surface area contributed by atoms with Crippen molar-refractivity contribution in [3.63, 3.8) is 0 Å². The molecular weight excluding hydrogens is 212 g/mol. The summed E-state index contributed by atoms with van der Waals surface area (Å²) in [6.45, 7) is 6.38. The summed E-state index contributed by atoms with van der Waals surface area (Å²) in [4.78, 5) is 0. The number of anilines is 1. The molecule has 0 saturated heterocycles. The molecule has 0 aliphatic heterocycles. The lowest BCUT2D eigenvalue weighted by Crippen LogP contribution is -1.96. The second-order valence-electron chi connectivity index (χ2n) is 4.78. The minimum absolute atomic E-state index is 0.481. The van der Waals surface area contributed by atoms with Gasteiger partial charge in [0.05, 0.1) is 5.56 Å². The Morgan fingerprint density at radius 1 is 1.29 bits per heavy atom. The predicted octanol–water partition coefficient (Wildman–Crippen LogP) is 3.43. The summed E-state index contributed by atoms with van der Waals surface area (Å²) in [5.41, 5.74) is 9.17. The van der Waals surface area contributed by atoms with Crippen LogP contribution in [0.5, 0.6) is 0 Å². The molecule has 2 rings (SSSR count). The van der Waals surface area contributed by atoms with Crippen LogP contribution >= 0.6 is 0 Å². The Labute approximate surface area is 102 Å². The van der Waals surface area contributed by atoms with Gasteiger partial charge >= 0.3 is 0 Å². The lowest BCUT2D eigenvalue weighted by molar-refractivity contribution is 0.372. The largest absolute Gasteiger partial charge is 0.380 e. The van der Waals surface area contributed by atoms with Gasteiger partial charge in [-0.3, -0.25) is 0 Å². The average molecular weight is 230 g/mol. The average Bonchev–Trinajstić information content (AvgIpc) is 2.60. The molecular formula is C14H18N2O. The zero-order valence-electron chi connectivity index (χ0n) is 10.5. The van der Waals surface area contributed by atoms with Crippen molar-refractivity contribution in [2.24, 2.45) is 5.92 Å². The van der Waals surface area contributed by atoms with Crippen molar-refractivity contribution in [2.75, 3.05) is 5.73 Å². The zero-order chi connectivity index (χ0) is 12.4. The van der Waals surface area contributed by atoms with Gasteiger partial charge in [-0.15, -0.1) is 0 Å². The molecule has 0 aliphatic carbocycles. The Morgan fingerprint density at radius 2 is 2.00 bits per heavy atom. The lowest BCUT2D eigenvalue weighted by Gasteiger charge is -2.07. The first-order valence-electron chi connectivity index (χ1n) is 5.89. The fraction of sp³-hybridized carbons (Fsp3) is 0.357.